The van der Waals surface area contributed by atoms with Crippen molar-refractivity contribution in [1.82, 2.24) is 10.6 Å². The molecule has 0 spiro atoms. The molecule has 146 valence electrons. The zero-order valence-corrected chi connectivity index (χ0v) is 16.1. The molecule has 1 aliphatic heterocycles. The lowest BCUT2D eigenvalue weighted by atomic mass is 9.95. The minimum Gasteiger partial charge on any atom is -0.351 e. The molecule has 9 heteroatoms. The molecule has 1 atom stereocenters. The fraction of sp³-hybridized carbons (Fsp3) is 0.158. The van der Waals surface area contributed by atoms with Gasteiger partial charge in [0.2, 0.25) is 0 Å². The molecule has 3 rings (SSSR count). The number of amides is 1. The molecular formula is C19H15ClF3N3OS. The summed E-state index contributed by atoms with van der Waals surface area (Å²) in [4.78, 5) is 12.9. The molecule has 1 aliphatic rings. The molecule has 0 aliphatic carbocycles. The second-order valence-corrected chi connectivity index (χ2v) is 6.97. The summed E-state index contributed by atoms with van der Waals surface area (Å²) in [6.07, 6.45) is -4.59. The molecule has 2 aromatic rings. The van der Waals surface area contributed by atoms with Gasteiger partial charge in [-0.1, -0.05) is 35.9 Å². The molecule has 1 unspecified atom stereocenters. The van der Waals surface area contributed by atoms with Crippen LogP contribution in [0.5, 0.6) is 0 Å². The maximum absolute atomic E-state index is 13.2. The first-order valence-corrected chi connectivity index (χ1v) is 8.97. The van der Waals surface area contributed by atoms with Crippen molar-refractivity contribution in [3.8, 4) is 0 Å². The van der Waals surface area contributed by atoms with Gasteiger partial charge in [-0.3, -0.25) is 4.79 Å². The molecule has 0 radical (unpaired) electrons. The van der Waals surface area contributed by atoms with Gasteiger partial charge in [0, 0.05) is 10.7 Å². The fourth-order valence-corrected chi connectivity index (χ4v) is 3.43. The Morgan fingerprint density at radius 3 is 2.57 bits per heavy atom. The predicted molar refractivity (Wildman–Crippen MR) is 106 cm³/mol. The predicted octanol–water partition coefficient (Wildman–Crippen LogP) is 4.79. The standard InChI is InChI=1S/C19H15ClF3N3OS/c1-10-15(16(26-18(28)24-10)11-5-4-6-12(20)9-11)17(27)25-14-8-3-2-7-13(14)19(21,22)23/h2-9,16H,1H3,(H,25,27)(H2,24,26,28). The van der Waals surface area contributed by atoms with E-state index in [1.807, 2.05) is 0 Å². The quantitative estimate of drug-likeness (QED) is 0.619. The summed E-state index contributed by atoms with van der Waals surface area (Å²) < 4.78 is 39.7. The molecule has 0 aromatic heterocycles. The van der Waals surface area contributed by atoms with Crippen LogP contribution in [0.3, 0.4) is 0 Å². The lowest BCUT2D eigenvalue weighted by molar-refractivity contribution is -0.137. The zero-order valence-electron chi connectivity index (χ0n) is 14.5. The summed E-state index contributed by atoms with van der Waals surface area (Å²) in [5.41, 5.74) is 0.0694. The Bertz CT molecular complexity index is 975. The summed E-state index contributed by atoms with van der Waals surface area (Å²) in [7, 11) is 0. The number of anilines is 1. The van der Waals surface area contributed by atoms with E-state index in [2.05, 4.69) is 16.0 Å². The average molecular weight is 426 g/mol. The highest BCUT2D eigenvalue weighted by atomic mass is 35.5. The number of hydrogen-bond donors (Lipinski definition) is 3. The van der Waals surface area contributed by atoms with Gasteiger partial charge >= 0.3 is 6.18 Å². The lowest BCUT2D eigenvalue weighted by Gasteiger charge is -2.30. The molecule has 4 nitrogen and oxygen atoms in total. The Morgan fingerprint density at radius 2 is 1.89 bits per heavy atom. The third-order valence-electron chi connectivity index (χ3n) is 4.18. The van der Waals surface area contributed by atoms with Crippen molar-refractivity contribution >= 4 is 40.5 Å². The summed E-state index contributed by atoms with van der Waals surface area (Å²) in [5, 5.41) is 8.95. The van der Waals surface area contributed by atoms with Gasteiger partial charge in [-0.25, -0.2) is 0 Å². The van der Waals surface area contributed by atoms with E-state index in [1.165, 1.54) is 18.2 Å². The highest BCUT2D eigenvalue weighted by molar-refractivity contribution is 7.80. The second kappa shape index (κ2) is 7.81. The molecule has 1 amide bonds. The summed E-state index contributed by atoms with van der Waals surface area (Å²) in [6.45, 7) is 1.63. The van der Waals surface area contributed by atoms with E-state index in [0.29, 0.717) is 21.4 Å². The highest BCUT2D eigenvalue weighted by Crippen LogP contribution is 2.35. The smallest absolute Gasteiger partial charge is 0.351 e. The molecule has 28 heavy (non-hydrogen) atoms. The van der Waals surface area contributed by atoms with Crippen molar-refractivity contribution in [2.75, 3.05) is 5.32 Å². The third kappa shape index (κ3) is 4.28. The first-order valence-electron chi connectivity index (χ1n) is 8.18. The summed E-state index contributed by atoms with van der Waals surface area (Å²) >= 11 is 11.2. The molecule has 0 bridgehead atoms. The monoisotopic (exact) mass is 425 g/mol. The maximum atomic E-state index is 13.2. The van der Waals surface area contributed by atoms with Gasteiger partial charge in [-0.15, -0.1) is 0 Å². The largest absolute Gasteiger partial charge is 0.418 e. The SMILES string of the molecule is CC1=C(C(=O)Nc2ccccc2C(F)(F)F)C(c2cccc(Cl)c2)NC(=S)N1. The number of hydrogen-bond acceptors (Lipinski definition) is 2. The number of benzene rings is 2. The minimum absolute atomic E-state index is 0.216. The Labute approximate surface area is 169 Å². The van der Waals surface area contributed by atoms with Gasteiger partial charge in [-0.05, 0) is 49.0 Å². The van der Waals surface area contributed by atoms with Crippen LogP contribution < -0.4 is 16.0 Å². The first-order chi connectivity index (χ1) is 13.2. The number of nitrogens with one attached hydrogen (secondary N) is 3. The molecule has 2 aromatic carbocycles. The maximum Gasteiger partial charge on any atom is 0.418 e. The zero-order chi connectivity index (χ0) is 20.5. The van der Waals surface area contributed by atoms with Gasteiger partial charge in [0.05, 0.1) is 22.9 Å². The Morgan fingerprint density at radius 1 is 1.18 bits per heavy atom. The van der Waals surface area contributed by atoms with E-state index in [0.717, 1.165) is 6.07 Å². The normalized spacial score (nSPS) is 17.0. The van der Waals surface area contributed by atoms with Gasteiger partial charge in [0.1, 0.15) is 0 Å². The van der Waals surface area contributed by atoms with Crippen molar-refractivity contribution in [2.45, 2.75) is 19.1 Å². The summed E-state index contributed by atoms with van der Waals surface area (Å²) in [5.74, 6) is -0.679. The average Bonchev–Trinajstić information content (AvgIpc) is 2.60. The number of allylic oxidation sites excluding steroid dienone is 1. The van der Waals surface area contributed by atoms with E-state index >= 15 is 0 Å². The fourth-order valence-electron chi connectivity index (χ4n) is 2.96. The molecular weight excluding hydrogens is 411 g/mol. The number of carbonyl (C=O) groups excluding carboxylic acids is 1. The number of thiocarbonyl (C=S) groups is 1. The van der Waals surface area contributed by atoms with Gasteiger partial charge in [0.15, 0.2) is 5.11 Å². The van der Waals surface area contributed by atoms with Gasteiger partial charge < -0.3 is 16.0 Å². The van der Waals surface area contributed by atoms with Crippen LogP contribution >= 0.6 is 23.8 Å². The van der Waals surface area contributed by atoms with Crippen molar-refractivity contribution in [1.29, 1.82) is 0 Å². The topological polar surface area (TPSA) is 53.2 Å². The Kier molecular flexibility index (Phi) is 5.62. The van der Waals surface area contributed by atoms with Crippen LogP contribution in [-0.2, 0) is 11.0 Å². The summed E-state index contributed by atoms with van der Waals surface area (Å²) in [6, 6.07) is 11.0. The molecule has 0 saturated carbocycles. The number of alkyl halides is 3. The van der Waals surface area contributed by atoms with Crippen LogP contribution in [0.1, 0.15) is 24.1 Å². The van der Waals surface area contributed by atoms with Crippen molar-refractivity contribution in [3.05, 3.63) is 76.0 Å². The Balaban J connectivity index is 1.99. The van der Waals surface area contributed by atoms with Crippen LogP contribution in [0.2, 0.25) is 5.02 Å². The van der Waals surface area contributed by atoms with Crippen LogP contribution in [0, 0.1) is 0 Å². The van der Waals surface area contributed by atoms with E-state index in [1.54, 1.807) is 31.2 Å². The van der Waals surface area contributed by atoms with Crippen LogP contribution in [-0.4, -0.2) is 11.0 Å². The van der Waals surface area contributed by atoms with E-state index < -0.39 is 23.7 Å². The molecule has 3 N–H and O–H groups in total. The molecule has 0 saturated heterocycles. The number of para-hydroxylation sites is 1. The van der Waals surface area contributed by atoms with Crippen molar-refractivity contribution in [3.63, 3.8) is 0 Å². The van der Waals surface area contributed by atoms with Crippen LogP contribution in [0.4, 0.5) is 18.9 Å². The molecule has 0 fully saturated rings. The minimum atomic E-state index is -4.59. The second-order valence-electron chi connectivity index (χ2n) is 6.12. The molecule has 1 heterocycles. The number of carbonyl (C=O) groups is 1. The first kappa shape index (κ1) is 20.2. The number of rotatable bonds is 3. The van der Waals surface area contributed by atoms with Crippen LogP contribution in [0.15, 0.2) is 59.8 Å². The Hall–Kier alpha value is -2.58. The van der Waals surface area contributed by atoms with Gasteiger partial charge in [0.25, 0.3) is 5.91 Å². The number of halogens is 4. The van der Waals surface area contributed by atoms with Gasteiger partial charge in [-0.2, -0.15) is 13.2 Å². The van der Waals surface area contributed by atoms with Crippen molar-refractivity contribution < 1.29 is 18.0 Å². The van der Waals surface area contributed by atoms with E-state index in [-0.39, 0.29) is 11.3 Å². The van der Waals surface area contributed by atoms with E-state index in [9.17, 15) is 18.0 Å². The lowest BCUT2D eigenvalue weighted by Crippen LogP contribution is -2.45. The van der Waals surface area contributed by atoms with Crippen LogP contribution in [0.25, 0.3) is 0 Å². The van der Waals surface area contributed by atoms with Crippen molar-refractivity contribution in [2.24, 2.45) is 0 Å². The highest BCUT2D eigenvalue weighted by Gasteiger charge is 2.35. The van der Waals surface area contributed by atoms with E-state index in [4.69, 9.17) is 23.8 Å². The third-order valence-corrected chi connectivity index (χ3v) is 4.63.